The number of anilines is 1. The molecule has 1 aliphatic rings. The molecule has 2 aromatic carbocycles. The molecule has 2 nitrogen and oxygen atoms in total. The highest BCUT2D eigenvalue weighted by Gasteiger charge is 2.11. The van der Waals surface area contributed by atoms with Crippen molar-refractivity contribution in [3.63, 3.8) is 0 Å². The molecule has 0 fully saturated rings. The Morgan fingerprint density at radius 3 is 2.84 bits per heavy atom. The normalized spacial score (nSPS) is 13.5. The number of benzene rings is 2. The lowest BCUT2D eigenvalue weighted by atomic mass is 10.2. The molecule has 0 bridgehead atoms. The van der Waals surface area contributed by atoms with E-state index >= 15 is 0 Å². The minimum atomic E-state index is -0.264. The second-order valence-electron chi connectivity index (χ2n) is 4.46. The van der Waals surface area contributed by atoms with E-state index in [4.69, 9.17) is 0 Å². The van der Waals surface area contributed by atoms with Gasteiger partial charge in [-0.1, -0.05) is 34.1 Å². The third-order valence-corrected chi connectivity index (χ3v) is 4.10. The van der Waals surface area contributed by atoms with Crippen LogP contribution in [0.3, 0.4) is 0 Å². The summed E-state index contributed by atoms with van der Waals surface area (Å²) in [7, 11) is 0. The first kappa shape index (κ1) is 12.4. The quantitative estimate of drug-likeness (QED) is 0.789. The van der Waals surface area contributed by atoms with Gasteiger partial charge in [-0.25, -0.2) is 4.39 Å². The van der Waals surface area contributed by atoms with Crippen molar-refractivity contribution in [2.24, 2.45) is 4.99 Å². The first-order valence-corrected chi connectivity index (χ1v) is 6.79. The largest absolute Gasteiger partial charge is 0.327 e. The van der Waals surface area contributed by atoms with Gasteiger partial charge in [0, 0.05) is 21.6 Å². The molecular formula is C15H12BrFN2. The maximum absolute atomic E-state index is 13.6. The molecule has 0 radical (unpaired) electrons. The van der Waals surface area contributed by atoms with Crippen molar-refractivity contribution >= 4 is 27.8 Å². The highest BCUT2D eigenvalue weighted by molar-refractivity contribution is 9.10. The fraction of sp³-hybridized carbons (Fsp3) is 0.133. The minimum absolute atomic E-state index is 0.264. The van der Waals surface area contributed by atoms with E-state index in [1.165, 1.54) is 6.07 Å². The molecule has 0 amide bonds. The Balaban J connectivity index is 2.13. The third-order valence-electron chi connectivity index (χ3n) is 3.24. The average molecular weight is 319 g/mol. The predicted octanol–water partition coefficient (Wildman–Crippen LogP) is 2.73. The highest BCUT2D eigenvalue weighted by atomic mass is 79.9. The molecule has 0 unspecified atom stereocenters. The lowest BCUT2D eigenvalue weighted by molar-refractivity contribution is 0.606. The number of rotatable bonds is 1. The molecule has 96 valence electrons. The van der Waals surface area contributed by atoms with Crippen LogP contribution in [0.5, 0.6) is 0 Å². The van der Waals surface area contributed by atoms with Crippen LogP contribution < -0.4 is 15.5 Å². The zero-order valence-electron chi connectivity index (χ0n) is 10.4. The van der Waals surface area contributed by atoms with E-state index in [-0.39, 0.29) is 5.82 Å². The van der Waals surface area contributed by atoms with Gasteiger partial charge < -0.3 is 4.90 Å². The summed E-state index contributed by atoms with van der Waals surface area (Å²) in [6.07, 6.45) is 1.94. The second-order valence-corrected chi connectivity index (χ2v) is 5.31. The highest BCUT2D eigenvalue weighted by Crippen LogP contribution is 2.27. The Labute approximate surface area is 119 Å². The topological polar surface area (TPSA) is 15.6 Å². The van der Waals surface area contributed by atoms with E-state index in [1.807, 2.05) is 42.3 Å². The van der Waals surface area contributed by atoms with Crippen LogP contribution in [0, 0.1) is 12.7 Å². The Hall–Kier alpha value is -1.68. The fourth-order valence-corrected chi connectivity index (χ4v) is 2.57. The Morgan fingerprint density at radius 2 is 2.00 bits per heavy atom. The van der Waals surface area contributed by atoms with E-state index in [0.717, 1.165) is 20.9 Å². The maximum atomic E-state index is 13.6. The molecule has 0 saturated carbocycles. The summed E-state index contributed by atoms with van der Waals surface area (Å²) < 4.78 is 14.7. The van der Waals surface area contributed by atoms with Gasteiger partial charge in [-0.05, 0) is 30.7 Å². The molecule has 0 spiro atoms. The minimum Gasteiger partial charge on any atom is -0.327 e. The van der Waals surface area contributed by atoms with Gasteiger partial charge in [-0.2, -0.15) is 0 Å². The summed E-state index contributed by atoms with van der Waals surface area (Å²) >= 11 is 3.52. The molecule has 4 heteroatoms. The number of nitrogens with zero attached hydrogens (tertiary/aromatic N) is 2. The summed E-state index contributed by atoms with van der Waals surface area (Å²) in [5, 5.41) is 1.26. The van der Waals surface area contributed by atoms with Gasteiger partial charge in [-0.3, -0.25) is 4.99 Å². The first-order valence-electron chi connectivity index (χ1n) is 5.99. The molecule has 1 heterocycles. The van der Waals surface area contributed by atoms with Gasteiger partial charge in [0.05, 0.1) is 0 Å². The standard InChI is InChI=1S/C15H12BrFN2/c1-10-12(16)5-3-7-14(10)19-8-11-4-2-6-13(17)15(11)18-9-19/h2-8H,9H2,1H3. The summed E-state index contributed by atoms with van der Waals surface area (Å²) in [5.41, 5.74) is 2.22. The zero-order chi connectivity index (χ0) is 13.4. The van der Waals surface area contributed by atoms with Gasteiger partial charge >= 0.3 is 0 Å². The van der Waals surface area contributed by atoms with Crippen LogP contribution in [0.2, 0.25) is 0 Å². The summed E-state index contributed by atoms with van der Waals surface area (Å²) in [4.78, 5) is 6.36. The Bertz CT molecular complexity index is 755. The van der Waals surface area contributed by atoms with Gasteiger partial charge in [0.2, 0.25) is 0 Å². The molecule has 0 saturated heterocycles. The number of hydrogen-bond acceptors (Lipinski definition) is 2. The van der Waals surface area contributed by atoms with E-state index < -0.39 is 0 Å². The monoisotopic (exact) mass is 318 g/mol. The smallest absolute Gasteiger partial charge is 0.149 e. The molecule has 0 N–H and O–H groups in total. The first-order chi connectivity index (χ1) is 9.16. The van der Waals surface area contributed by atoms with Crippen LogP contribution in [-0.2, 0) is 0 Å². The van der Waals surface area contributed by atoms with Crippen molar-refractivity contribution in [1.29, 1.82) is 0 Å². The van der Waals surface area contributed by atoms with Gasteiger partial charge in [0.1, 0.15) is 17.8 Å². The number of hydrogen-bond donors (Lipinski definition) is 0. The fourth-order valence-electron chi connectivity index (χ4n) is 2.21. The molecule has 0 aliphatic carbocycles. The lowest BCUT2D eigenvalue weighted by Crippen LogP contribution is -2.38. The van der Waals surface area contributed by atoms with Crippen molar-refractivity contribution in [2.75, 3.05) is 11.6 Å². The van der Waals surface area contributed by atoms with E-state index in [2.05, 4.69) is 20.9 Å². The van der Waals surface area contributed by atoms with Crippen molar-refractivity contribution in [2.45, 2.75) is 6.92 Å². The third kappa shape index (κ3) is 2.16. The van der Waals surface area contributed by atoms with Crippen LogP contribution in [-0.4, -0.2) is 6.67 Å². The number of para-hydroxylation sites is 1. The summed E-state index contributed by atoms with van der Waals surface area (Å²) in [6, 6.07) is 11.1. The van der Waals surface area contributed by atoms with Gasteiger partial charge in [0.25, 0.3) is 0 Å². The van der Waals surface area contributed by atoms with Crippen molar-refractivity contribution < 1.29 is 4.39 Å². The molecule has 19 heavy (non-hydrogen) atoms. The lowest BCUT2D eigenvalue weighted by Gasteiger charge is -2.23. The molecule has 0 atom stereocenters. The van der Waals surface area contributed by atoms with Gasteiger partial charge in [-0.15, -0.1) is 0 Å². The Morgan fingerprint density at radius 1 is 1.21 bits per heavy atom. The number of halogens is 2. The van der Waals surface area contributed by atoms with Crippen LogP contribution in [0.4, 0.5) is 10.1 Å². The van der Waals surface area contributed by atoms with E-state index in [1.54, 1.807) is 6.07 Å². The van der Waals surface area contributed by atoms with Crippen molar-refractivity contribution in [1.82, 2.24) is 0 Å². The average Bonchev–Trinajstić information content (AvgIpc) is 2.42. The predicted molar refractivity (Wildman–Crippen MR) is 77.9 cm³/mol. The molecular weight excluding hydrogens is 307 g/mol. The second kappa shape index (κ2) is 4.78. The van der Waals surface area contributed by atoms with E-state index in [9.17, 15) is 4.39 Å². The molecule has 3 rings (SSSR count). The van der Waals surface area contributed by atoms with Crippen LogP contribution in [0.25, 0.3) is 6.20 Å². The zero-order valence-corrected chi connectivity index (χ0v) is 12.0. The summed E-state index contributed by atoms with van der Waals surface area (Å²) in [6.45, 7) is 2.49. The molecule has 0 aromatic heterocycles. The van der Waals surface area contributed by atoms with E-state index in [0.29, 0.717) is 12.0 Å². The van der Waals surface area contributed by atoms with Crippen LogP contribution in [0.1, 0.15) is 5.56 Å². The van der Waals surface area contributed by atoms with Crippen molar-refractivity contribution in [3.8, 4) is 0 Å². The van der Waals surface area contributed by atoms with Crippen LogP contribution >= 0.6 is 15.9 Å². The number of fused-ring (bicyclic) bond motifs is 1. The van der Waals surface area contributed by atoms with Gasteiger partial charge in [0.15, 0.2) is 0 Å². The molecule has 1 aliphatic heterocycles. The van der Waals surface area contributed by atoms with Crippen LogP contribution in [0.15, 0.2) is 45.9 Å². The maximum Gasteiger partial charge on any atom is 0.149 e. The molecule has 2 aromatic rings. The van der Waals surface area contributed by atoms with Crippen molar-refractivity contribution in [3.05, 3.63) is 62.8 Å². The summed E-state index contributed by atoms with van der Waals surface area (Å²) in [5.74, 6) is -0.264. The SMILES string of the molecule is Cc1c(Br)cccc1N1C=c2cccc(F)c2=NC1. The Kier molecular flexibility index (Phi) is 3.11.